The second-order valence-electron chi connectivity index (χ2n) is 3.71. The number of hydrogen-bond acceptors (Lipinski definition) is 1. The van der Waals surface area contributed by atoms with Gasteiger partial charge in [0, 0.05) is 0 Å². The highest BCUT2D eigenvalue weighted by molar-refractivity contribution is 6.32. The fourth-order valence-corrected chi connectivity index (χ4v) is 1.58. The Morgan fingerprint density at radius 1 is 1.46 bits per heavy atom. The van der Waals surface area contributed by atoms with Crippen LogP contribution in [0.2, 0.25) is 5.02 Å². The first kappa shape index (κ1) is 8.89. The summed E-state index contributed by atoms with van der Waals surface area (Å²) in [6.07, 6.45) is 1.30. The topological polar surface area (TPSA) is 9.23 Å². The Morgan fingerprint density at radius 3 is 2.77 bits per heavy atom. The SMILES string of the molecule is CC1CC1COc1ccccc1Cl. The van der Waals surface area contributed by atoms with Crippen LogP contribution in [0, 0.1) is 11.8 Å². The van der Waals surface area contributed by atoms with Crippen LogP contribution in [0.3, 0.4) is 0 Å². The maximum Gasteiger partial charge on any atom is 0.137 e. The van der Waals surface area contributed by atoms with Crippen LogP contribution in [-0.2, 0) is 0 Å². The van der Waals surface area contributed by atoms with E-state index in [1.807, 2.05) is 24.3 Å². The smallest absolute Gasteiger partial charge is 0.137 e. The molecule has 0 spiro atoms. The molecule has 70 valence electrons. The Hall–Kier alpha value is -0.690. The lowest BCUT2D eigenvalue weighted by Crippen LogP contribution is -2.00. The number of hydrogen-bond donors (Lipinski definition) is 0. The van der Waals surface area contributed by atoms with Crippen molar-refractivity contribution < 1.29 is 4.74 Å². The van der Waals surface area contributed by atoms with E-state index in [4.69, 9.17) is 16.3 Å². The van der Waals surface area contributed by atoms with Crippen LogP contribution < -0.4 is 4.74 Å². The van der Waals surface area contributed by atoms with Gasteiger partial charge < -0.3 is 4.74 Å². The van der Waals surface area contributed by atoms with Crippen molar-refractivity contribution in [2.45, 2.75) is 13.3 Å². The molecule has 0 radical (unpaired) electrons. The number of benzene rings is 1. The van der Waals surface area contributed by atoms with Crippen LogP contribution in [0.5, 0.6) is 5.75 Å². The molecule has 2 rings (SSSR count). The molecule has 0 saturated heterocycles. The monoisotopic (exact) mass is 196 g/mol. The van der Waals surface area contributed by atoms with Gasteiger partial charge in [0.25, 0.3) is 0 Å². The minimum Gasteiger partial charge on any atom is -0.492 e. The van der Waals surface area contributed by atoms with Gasteiger partial charge >= 0.3 is 0 Å². The summed E-state index contributed by atoms with van der Waals surface area (Å²) < 4.78 is 5.60. The highest BCUT2D eigenvalue weighted by Gasteiger charge is 2.33. The van der Waals surface area contributed by atoms with E-state index >= 15 is 0 Å². The van der Waals surface area contributed by atoms with E-state index in [1.165, 1.54) is 6.42 Å². The van der Waals surface area contributed by atoms with Crippen molar-refractivity contribution in [3.05, 3.63) is 29.3 Å². The van der Waals surface area contributed by atoms with Gasteiger partial charge in [0.05, 0.1) is 11.6 Å². The van der Waals surface area contributed by atoms with Crippen molar-refractivity contribution >= 4 is 11.6 Å². The van der Waals surface area contributed by atoms with Crippen LogP contribution in [0.1, 0.15) is 13.3 Å². The summed E-state index contributed by atoms with van der Waals surface area (Å²) in [4.78, 5) is 0. The summed E-state index contributed by atoms with van der Waals surface area (Å²) in [5.41, 5.74) is 0. The van der Waals surface area contributed by atoms with Gasteiger partial charge in [-0.3, -0.25) is 0 Å². The van der Waals surface area contributed by atoms with Crippen molar-refractivity contribution in [1.82, 2.24) is 0 Å². The molecule has 0 N–H and O–H groups in total. The first-order valence-corrected chi connectivity index (χ1v) is 5.02. The minimum atomic E-state index is 0.704. The molecule has 0 aliphatic heterocycles. The lowest BCUT2D eigenvalue weighted by Gasteiger charge is -2.06. The van der Waals surface area contributed by atoms with E-state index in [9.17, 15) is 0 Å². The zero-order chi connectivity index (χ0) is 9.26. The van der Waals surface area contributed by atoms with Crippen molar-refractivity contribution in [2.75, 3.05) is 6.61 Å². The molecule has 1 aliphatic carbocycles. The largest absolute Gasteiger partial charge is 0.492 e. The lowest BCUT2D eigenvalue weighted by atomic mass is 10.3. The molecule has 1 aromatic carbocycles. The summed E-state index contributed by atoms with van der Waals surface area (Å²) in [6, 6.07) is 7.62. The fourth-order valence-electron chi connectivity index (χ4n) is 1.39. The summed E-state index contributed by atoms with van der Waals surface area (Å²) in [7, 11) is 0. The minimum absolute atomic E-state index is 0.704. The third kappa shape index (κ3) is 2.16. The van der Waals surface area contributed by atoms with Crippen LogP contribution in [0.25, 0.3) is 0 Å². The van der Waals surface area contributed by atoms with Crippen molar-refractivity contribution in [2.24, 2.45) is 11.8 Å². The standard InChI is InChI=1S/C11H13ClO/c1-8-6-9(8)7-13-11-5-3-2-4-10(11)12/h2-5,8-9H,6-7H2,1H3. The molecule has 0 amide bonds. The molecule has 1 saturated carbocycles. The molecule has 0 heterocycles. The molecule has 2 unspecified atom stereocenters. The maximum atomic E-state index is 5.94. The van der Waals surface area contributed by atoms with Gasteiger partial charge in [0.2, 0.25) is 0 Å². The number of ether oxygens (including phenoxy) is 1. The van der Waals surface area contributed by atoms with E-state index in [1.54, 1.807) is 0 Å². The second-order valence-corrected chi connectivity index (χ2v) is 4.12. The molecule has 13 heavy (non-hydrogen) atoms. The second kappa shape index (κ2) is 3.59. The predicted octanol–water partition coefficient (Wildman–Crippen LogP) is 3.37. The van der Waals surface area contributed by atoms with Crippen molar-refractivity contribution in [3.63, 3.8) is 0 Å². The van der Waals surface area contributed by atoms with E-state index in [0.717, 1.165) is 24.2 Å². The van der Waals surface area contributed by atoms with Gasteiger partial charge in [-0.1, -0.05) is 30.7 Å². The summed E-state index contributed by atoms with van der Waals surface area (Å²) in [6.45, 7) is 3.06. The third-order valence-corrected chi connectivity index (χ3v) is 2.88. The van der Waals surface area contributed by atoms with Gasteiger partial charge in [-0.05, 0) is 30.4 Å². The van der Waals surface area contributed by atoms with Crippen LogP contribution in [0.15, 0.2) is 24.3 Å². The maximum absolute atomic E-state index is 5.94. The molecule has 1 aromatic rings. The van der Waals surface area contributed by atoms with Gasteiger partial charge in [0.1, 0.15) is 5.75 Å². The van der Waals surface area contributed by atoms with E-state index in [-0.39, 0.29) is 0 Å². The Balaban J connectivity index is 1.90. The molecule has 2 atom stereocenters. The van der Waals surface area contributed by atoms with Gasteiger partial charge in [-0.25, -0.2) is 0 Å². The number of rotatable bonds is 3. The molecule has 0 aromatic heterocycles. The van der Waals surface area contributed by atoms with Gasteiger partial charge in [-0.2, -0.15) is 0 Å². The van der Waals surface area contributed by atoms with Crippen LogP contribution >= 0.6 is 11.6 Å². The van der Waals surface area contributed by atoms with E-state index in [0.29, 0.717) is 5.02 Å². The fraction of sp³-hybridized carbons (Fsp3) is 0.455. The Kier molecular flexibility index (Phi) is 2.45. The summed E-state index contributed by atoms with van der Waals surface area (Å²) in [5.74, 6) is 2.39. The zero-order valence-corrected chi connectivity index (χ0v) is 8.42. The van der Waals surface area contributed by atoms with E-state index in [2.05, 4.69) is 6.92 Å². The highest BCUT2D eigenvalue weighted by atomic mass is 35.5. The zero-order valence-electron chi connectivity index (χ0n) is 7.66. The molecule has 0 bridgehead atoms. The van der Waals surface area contributed by atoms with Gasteiger partial charge in [-0.15, -0.1) is 0 Å². The summed E-state index contributed by atoms with van der Waals surface area (Å²) in [5, 5.41) is 0.704. The van der Waals surface area contributed by atoms with Crippen LogP contribution in [0.4, 0.5) is 0 Å². The average molecular weight is 197 g/mol. The Labute approximate surface area is 83.7 Å². The van der Waals surface area contributed by atoms with E-state index < -0.39 is 0 Å². The number of halogens is 1. The van der Waals surface area contributed by atoms with Crippen LogP contribution in [-0.4, -0.2) is 6.61 Å². The average Bonchev–Trinajstić information content (AvgIpc) is 2.81. The first-order chi connectivity index (χ1) is 6.27. The first-order valence-electron chi connectivity index (χ1n) is 4.64. The molecule has 1 fully saturated rings. The Bertz CT molecular complexity index is 298. The molecular formula is C11H13ClO. The third-order valence-electron chi connectivity index (χ3n) is 2.57. The quantitative estimate of drug-likeness (QED) is 0.720. The lowest BCUT2D eigenvalue weighted by molar-refractivity contribution is 0.293. The predicted molar refractivity (Wildman–Crippen MR) is 54.2 cm³/mol. The highest BCUT2D eigenvalue weighted by Crippen LogP contribution is 2.38. The van der Waals surface area contributed by atoms with Crippen molar-refractivity contribution in [1.29, 1.82) is 0 Å². The molecule has 1 aliphatic rings. The van der Waals surface area contributed by atoms with Crippen molar-refractivity contribution in [3.8, 4) is 5.75 Å². The molecule has 2 heteroatoms. The molecule has 1 nitrogen and oxygen atoms in total. The molecular weight excluding hydrogens is 184 g/mol. The van der Waals surface area contributed by atoms with Gasteiger partial charge in [0.15, 0.2) is 0 Å². The summed E-state index contributed by atoms with van der Waals surface area (Å²) >= 11 is 5.94. The number of para-hydroxylation sites is 1. The normalized spacial score (nSPS) is 25.7. The Morgan fingerprint density at radius 2 is 2.15 bits per heavy atom.